The van der Waals surface area contributed by atoms with Crippen LogP contribution in [0.5, 0.6) is 17.2 Å². The molecular formula is C18H22O5S. The highest BCUT2D eigenvalue weighted by Gasteiger charge is 2.20. The molecule has 0 saturated carbocycles. The van der Waals surface area contributed by atoms with Gasteiger partial charge in [0.05, 0.1) is 0 Å². The number of aromatic hydroxyl groups is 1. The number of para-hydroxylation sites is 1. The van der Waals surface area contributed by atoms with E-state index in [-0.39, 0.29) is 11.5 Å². The van der Waals surface area contributed by atoms with Crippen molar-refractivity contribution in [3.05, 3.63) is 48.0 Å². The van der Waals surface area contributed by atoms with Crippen LogP contribution in [0.15, 0.2) is 47.4 Å². The Morgan fingerprint density at radius 3 is 2.38 bits per heavy atom. The molecule has 5 nitrogen and oxygen atoms in total. The van der Waals surface area contributed by atoms with Gasteiger partial charge in [0.15, 0.2) is 0 Å². The van der Waals surface area contributed by atoms with E-state index in [2.05, 4.69) is 6.92 Å². The minimum atomic E-state index is -4.51. The SMILES string of the molecule is CCCCCCc1cc(Oc2ccccc2)c(S(=O)(=O)O)cc1O. The Morgan fingerprint density at radius 2 is 1.75 bits per heavy atom. The van der Waals surface area contributed by atoms with Crippen LogP contribution in [0.4, 0.5) is 0 Å². The molecule has 0 spiro atoms. The predicted molar refractivity (Wildman–Crippen MR) is 92.3 cm³/mol. The molecular weight excluding hydrogens is 328 g/mol. The molecule has 0 aliphatic carbocycles. The molecule has 2 rings (SSSR count). The maximum atomic E-state index is 11.6. The van der Waals surface area contributed by atoms with E-state index in [0.29, 0.717) is 17.7 Å². The van der Waals surface area contributed by atoms with Gasteiger partial charge in [-0.2, -0.15) is 8.42 Å². The summed E-state index contributed by atoms with van der Waals surface area (Å²) in [4.78, 5) is -0.443. The monoisotopic (exact) mass is 350 g/mol. The average Bonchev–Trinajstić information content (AvgIpc) is 2.54. The third-order valence-corrected chi connectivity index (χ3v) is 4.57. The van der Waals surface area contributed by atoms with Crippen LogP contribution >= 0.6 is 0 Å². The zero-order chi connectivity index (χ0) is 17.6. The van der Waals surface area contributed by atoms with E-state index in [1.165, 1.54) is 6.07 Å². The zero-order valence-electron chi connectivity index (χ0n) is 13.6. The minimum Gasteiger partial charge on any atom is -0.508 e. The van der Waals surface area contributed by atoms with Crippen LogP contribution in [0.1, 0.15) is 38.2 Å². The van der Waals surface area contributed by atoms with E-state index < -0.39 is 15.0 Å². The number of unbranched alkanes of at least 4 members (excludes halogenated alkanes) is 3. The molecule has 0 heterocycles. The summed E-state index contributed by atoms with van der Waals surface area (Å²) in [5.41, 5.74) is 0.601. The lowest BCUT2D eigenvalue weighted by molar-refractivity contribution is 0.434. The predicted octanol–water partition coefficient (Wildman–Crippen LogP) is 4.55. The number of benzene rings is 2. The largest absolute Gasteiger partial charge is 0.508 e. The molecule has 0 aliphatic rings. The topological polar surface area (TPSA) is 83.8 Å². The highest BCUT2D eigenvalue weighted by atomic mass is 32.2. The Bertz CT molecular complexity index is 769. The van der Waals surface area contributed by atoms with Crippen molar-refractivity contribution in [2.75, 3.05) is 0 Å². The third-order valence-electron chi connectivity index (χ3n) is 3.69. The van der Waals surface area contributed by atoms with Crippen molar-refractivity contribution in [2.24, 2.45) is 0 Å². The summed E-state index contributed by atoms with van der Waals surface area (Å²) in [6.07, 6.45) is 4.75. The zero-order valence-corrected chi connectivity index (χ0v) is 14.4. The first-order valence-corrected chi connectivity index (χ1v) is 9.42. The Morgan fingerprint density at radius 1 is 1.04 bits per heavy atom. The van der Waals surface area contributed by atoms with Gasteiger partial charge < -0.3 is 9.84 Å². The van der Waals surface area contributed by atoms with E-state index in [1.54, 1.807) is 24.3 Å². The molecule has 0 bridgehead atoms. The second-order valence-electron chi connectivity index (χ2n) is 5.63. The number of rotatable bonds is 8. The highest BCUT2D eigenvalue weighted by molar-refractivity contribution is 7.86. The van der Waals surface area contributed by atoms with Crippen molar-refractivity contribution in [1.29, 1.82) is 0 Å². The highest BCUT2D eigenvalue weighted by Crippen LogP contribution is 2.35. The molecule has 130 valence electrons. The fraction of sp³-hybridized carbons (Fsp3) is 0.333. The van der Waals surface area contributed by atoms with Gasteiger partial charge in [-0.25, -0.2) is 0 Å². The normalized spacial score (nSPS) is 11.4. The molecule has 0 fully saturated rings. The quantitative estimate of drug-likeness (QED) is 0.539. The maximum absolute atomic E-state index is 11.6. The van der Waals surface area contributed by atoms with Crippen LogP contribution in [0.2, 0.25) is 0 Å². The van der Waals surface area contributed by atoms with Crippen LogP contribution in [0.3, 0.4) is 0 Å². The van der Waals surface area contributed by atoms with E-state index in [1.807, 2.05) is 6.07 Å². The maximum Gasteiger partial charge on any atom is 0.298 e. The van der Waals surface area contributed by atoms with Crippen molar-refractivity contribution in [3.63, 3.8) is 0 Å². The van der Waals surface area contributed by atoms with Gasteiger partial charge in [-0.15, -0.1) is 0 Å². The number of aryl methyl sites for hydroxylation is 1. The summed E-state index contributed by atoms with van der Waals surface area (Å²) in [6, 6.07) is 11.2. The van der Waals surface area contributed by atoms with Crippen LogP contribution in [-0.2, 0) is 16.5 Å². The number of hydrogen-bond donors (Lipinski definition) is 2. The first-order chi connectivity index (χ1) is 11.4. The van der Waals surface area contributed by atoms with Gasteiger partial charge in [0.2, 0.25) is 0 Å². The Balaban J connectivity index is 2.33. The standard InChI is InChI=1S/C18H22O5S/c1-2-3-4-6-9-14-12-17(23-15-10-7-5-8-11-15)18(13-16(14)19)24(20,21)22/h5,7-8,10-13,19H,2-4,6,9H2,1H3,(H,20,21,22). The van der Waals surface area contributed by atoms with Gasteiger partial charge in [0.25, 0.3) is 10.1 Å². The van der Waals surface area contributed by atoms with Crippen molar-refractivity contribution >= 4 is 10.1 Å². The molecule has 0 saturated heterocycles. The van der Waals surface area contributed by atoms with E-state index >= 15 is 0 Å². The molecule has 2 aromatic carbocycles. The minimum absolute atomic E-state index is 0.00647. The second kappa shape index (κ2) is 8.17. The lowest BCUT2D eigenvalue weighted by atomic mass is 10.0. The molecule has 24 heavy (non-hydrogen) atoms. The molecule has 0 unspecified atom stereocenters. The number of hydrogen-bond acceptors (Lipinski definition) is 4. The summed E-state index contributed by atoms with van der Waals surface area (Å²) < 4.78 is 38.1. The number of phenols is 1. The fourth-order valence-corrected chi connectivity index (χ4v) is 3.05. The third kappa shape index (κ3) is 4.97. The molecule has 0 atom stereocenters. The molecule has 0 aromatic heterocycles. The second-order valence-corrected chi connectivity index (χ2v) is 7.02. The molecule has 0 amide bonds. The first kappa shape index (κ1) is 18.3. The molecule has 2 N–H and O–H groups in total. The Labute approximate surface area is 142 Å². The first-order valence-electron chi connectivity index (χ1n) is 7.98. The van der Waals surface area contributed by atoms with Crippen LogP contribution < -0.4 is 4.74 Å². The summed E-state index contributed by atoms with van der Waals surface area (Å²) >= 11 is 0. The lowest BCUT2D eigenvalue weighted by Gasteiger charge is -2.13. The molecule has 2 aromatic rings. The summed E-state index contributed by atoms with van der Waals surface area (Å²) in [5.74, 6) is 0.302. The smallest absolute Gasteiger partial charge is 0.298 e. The van der Waals surface area contributed by atoms with Gasteiger partial charge in [-0.1, -0.05) is 44.4 Å². The molecule has 0 aliphatic heterocycles. The molecule has 6 heteroatoms. The summed E-state index contributed by atoms with van der Waals surface area (Å²) in [7, 11) is -4.51. The van der Waals surface area contributed by atoms with Gasteiger partial charge in [0.1, 0.15) is 22.1 Å². The van der Waals surface area contributed by atoms with Crippen molar-refractivity contribution < 1.29 is 22.8 Å². The van der Waals surface area contributed by atoms with Gasteiger partial charge in [-0.05, 0) is 36.6 Å². The fourth-order valence-electron chi connectivity index (χ4n) is 2.43. The lowest BCUT2D eigenvalue weighted by Crippen LogP contribution is -2.02. The van der Waals surface area contributed by atoms with E-state index in [0.717, 1.165) is 31.7 Å². The van der Waals surface area contributed by atoms with Crippen molar-refractivity contribution in [3.8, 4) is 17.2 Å². The Hall–Kier alpha value is -2.05. The summed E-state index contributed by atoms with van der Waals surface area (Å²) in [6.45, 7) is 2.12. The number of phenolic OH excluding ortho intramolecular Hbond substituents is 1. The van der Waals surface area contributed by atoms with Crippen LogP contribution in [-0.4, -0.2) is 18.1 Å². The van der Waals surface area contributed by atoms with Gasteiger partial charge >= 0.3 is 0 Å². The number of ether oxygens (including phenoxy) is 1. The Kier molecular flexibility index (Phi) is 6.23. The van der Waals surface area contributed by atoms with Crippen LogP contribution in [0, 0.1) is 0 Å². The van der Waals surface area contributed by atoms with Gasteiger partial charge in [0, 0.05) is 6.07 Å². The van der Waals surface area contributed by atoms with Crippen molar-refractivity contribution in [2.45, 2.75) is 43.9 Å². The van der Waals surface area contributed by atoms with E-state index in [9.17, 15) is 18.1 Å². The summed E-state index contributed by atoms with van der Waals surface area (Å²) in [5, 5.41) is 10.1. The van der Waals surface area contributed by atoms with Crippen molar-refractivity contribution in [1.82, 2.24) is 0 Å². The van der Waals surface area contributed by atoms with Crippen LogP contribution in [0.25, 0.3) is 0 Å². The molecule has 0 radical (unpaired) electrons. The average molecular weight is 350 g/mol. The van der Waals surface area contributed by atoms with Gasteiger partial charge in [-0.3, -0.25) is 4.55 Å². The van der Waals surface area contributed by atoms with E-state index in [4.69, 9.17) is 4.74 Å².